The van der Waals surface area contributed by atoms with Crippen LogP contribution in [0.4, 0.5) is 5.82 Å². The fourth-order valence-electron chi connectivity index (χ4n) is 2.76. The van der Waals surface area contributed by atoms with E-state index in [4.69, 9.17) is 5.73 Å². The summed E-state index contributed by atoms with van der Waals surface area (Å²) in [4.78, 5) is 3.88. The van der Waals surface area contributed by atoms with E-state index >= 15 is 0 Å². The van der Waals surface area contributed by atoms with Gasteiger partial charge in [-0.3, -0.25) is 0 Å². The Kier molecular flexibility index (Phi) is 3.34. The molecule has 1 aliphatic heterocycles. The molecule has 8 nitrogen and oxygen atoms in total. The third-order valence-electron chi connectivity index (χ3n) is 3.74. The molecular weight excluding hydrogens is 261 g/mol. The second-order valence-corrected chi connectivity index (χ2v) is 4.98. The lowest BCUT2D eigenvalue weighted by molar-refractivity contribution is 0.251. The van der Waals surface area contributed by atoms with Crippen LogP contribution in [0.3, 0.4) is 0 Å². The molecule has 0 aliphatic carbocycles. The summed E-state index contributed by atoms with van der Waals surface area (Å²) < 4.78 is 1.58. The molecule has 0 saturated carbocycles. The molecule has 0 spiro atoms. The number of anilines is 1. The van der Waals surface area contributed by atoms with Crippen LogP contribution in [-0.4, -0.2) is 49.5 Å². The molecule has 2 aromatic rings. The zero-order chi connectivity index (χ0) is 14.3. The topological polar surface area (TPSA) is 129 Å². The Bertz CT molecular complexity index is 632. The highest BCUT2D eigenvalue weighted by Crippen LogP contribution is 2.27. The smallest absolute Gasteiger partial charge is 0.423 e. The van der Waals surface area contributed by atoms with Gasteiger partial charge in [-0.1, -0.05) is 0 Å². The van der Waals surface area contributed by atoms with Crippen LogP contribution in [0.1, 0.15) is 24.6 Å². The fraction of sp³-hybridized carbons (Fsp3) is 0.455. The first-order chi connectivity index (χ1) is 9.61. The van der Waals surface area contributed by atoms with Crippen LogP contribution in [0.5, 0.6) is 0 Å². The first kappa shape index (κ1) is 13.3. The van der Waals surface area contributed by atoms with Gasteiger partial charge in [-0.2, -0.15) is 5.10 Å². The van der Waals surface area contributed by atoms with Gasteiger partial charge in [-0.05, 0) is 18.9 Å². The van der Waals surface area contributed by atoms with Gasteiger partial charge >= 0.3 is 7.12 Å². The monoisotopic (exact) mass is 277 g/mol. The van der Waals surface area contributed by atoms with Crippen LogP contribution in [0.15, 0.2) is 12.4 Å². The molecule has 0 radical (unpaired) electrons. The average Bonchev–Trinajstić information content (AvgIpc) is 3.02. The highest BCUT2D eigenvalue weighted by atomic mass is 16.4. The van der Waals surface area contributed by atoms with Crippen molar-refractivity contribution in [2.75, 3.05) is 12.3 Å². The molecule has 2 atom stereocenters. The average molecular weight is 277 g/mol. The number of nitrogens with one attached hydrogen (secondary N) is 1. The largest absolute Gasteiger partial charge is 0.490 e. The molecule has 0 unspecified atom stereocenters. The molecule has 0 bridgehead atoms. The van der Waals surface area contributed by atoms with Crippen LogP contribution < -0.4 is 16.5 Å². The quantitative estimate of drug-likeness (QED) is 0.402. The predicted octanol–water partition coefficient (Wildman–Crippen LogP) is -2.22. The Morgan fingerprint density at radius 2 is 2.25 bits per heavy atom. The Morgan fingerprint density at radius 3 is 2.90 bits per heavy atom. The fourth-order valence-corrected chi connectivity index (χ4v) is 2.76. The molecule has 1 aliphatic rings. The molecule has 9 heteroatoms. The minimum Gasteiger partial charge on any atom is -0.423 e. The lowest BCUT2D eigenvalue weighted by Crippen LogP contribution is -2.30. The molecule has 3 heterocycles. The van der Waals surface area contributed by atoms with Crippen LogP contribution >= 0.6 is 0 Å². The summed E-state index contributed by atoms with van der Waals surface area (Å²) in [5, 5.41) is 35.6. The summed E-state index contributed by atoms with van der Waals surface area (Å²) in [7, 11) is -1.64. The van der Waals surface area contributed by atoms with Gasteiger partial charge in [0.1, 0.15) is 11.8 Å². The van der Waals surface area contributed by atoms with E-state index in [-0.39, 0.29) is 30.0 Å². The van der Waals surface area contributed by atoms with E-state index in [0.29, 0.717) is 5.52 Å². The normalized spacial score (nSPS) is 22.6. The molecule has 0 aromatic carbocycles. The van der Waals surface area contributed by atoms with Crippen LogP contribution in [0.25, 0.3) is 5.52 Å². The Balaban J connectivity index is 2.10. The summed E-state index contributed by atoms with van der Waals surface area (Å²) in [6.07, 6.45) is 3.02. The number of nitrogens with zero attached hydrogens (tertiary/aromatic N) is 3. The first-order valence-electron chi connectivity index (χ1n) is 6.47. The first-order valence-corrected chi connectivity index (χ1v) is 6.47. The van der Waals surface area contributed by atoms with Crippen LogP contribution in [0, 0.1) is 0 Å². The van der Waals surface area contributed by atoms with Crippen molar-refractivity contribution < 1.29 is 15.2 Å². The molecule has 3 rings (SSSR count). The number of fused-ring (bicyclic) bond motifs is 1. The van der Waals surface area contributed by atoms with Crippen molar-refractivity contribution in [1.29, 1.82) is 0 Å². The number of aliphatic hydroxyl groups is 1. The van der Waals surface area contributed by atoms with E-state index in [2.05, 4.69) is 15.4 Å². The number of aliphatic hydroxyl groups excluding tert-OH is 1. The number of nitrogen functional groups attached to an aromatic ring is 1. The molecule has 0 amide bonds. The van der Waals surface area contributed by atoms with E-state index in [0.717, 1.165) is 18.5 Å². The van der Waals surface area contributed by atoms with Gasteiger partial charge in [-0.25, -0.2) is 9.50 Å². The number of hydrogen-bond acceptors (Lipinski definition) is 7. The van der Waals surface area contributed by atoms with Crippen LogP contribution in [-0.2, 0) is 0 Å². The molecule has 1 saturated heterocycles. The lowest BCUT2D eigenvalue weighted by atomic mass is 9.80. The van der Waals surface area contributed by atoms with Crippen molar-refractivity contribution in [1.82, 2.24) is 19.9 Å². The molecule has 6 N–H and O–H groups in total. The summed E-state index contributed by atoms with van der Waals surface area (Å²) >= 11 is 0. The number of nitrogens with two attached hydrogens (primary N) is 1. The van der Waals surface area contributed by atoms with Crippen molar-refractivity contribution in [2.45, 2.75) is 24.9 Å². The van der Waals surface area contributed by atoms with Gasteiger partial charge in [0.15, 0.2) is 5.82 Å². The van der Waals surface area contributed by atoms with Crippen molar-refractivity contribution in [3.05, 3.63) is 18.1 Å². The summed E-state index contributed by atoms with van der Waals surface area (Å²) in [5.41, 5.74) is 7.28. The van der Waals surface area contributed by atoms with Gasteiger partial charge < -0.3 is 26.2 Å². The van der Waals surface area contributed by atoms with Crippen molar-refractivity contribution in [3.63, 3.8) is 0 Å². The highest BCUT2D eigenvalue weighted by molar-refractivity contribution is 6.61. The third kappa shape index (κ3) is 2.04. The van der Waals surface area contributed by atoms with Gasteiger partial charge in [0, 0.05) is 17.5 Å². The Labute approximate surface area is 115 Å². The number of rotatable bonds is 3. The second-order valence-electron chi connectivity index (χ2n) is 4.98. The van der Waals surface area contributed by atoms with Crippen LogP contribution in [0.2, 0.25) is 0 Å². The highest BCUT2D eigenvalue weighted by Gasteiger charge is 2.30. The third-order valence-corrected chi connectivity index (χ3v) is 3.74. The molecular formula is C11H16BN5O3. The Hall–Kier alpha value is -1.68. The van der Waals surface area contributed by atoms with E-state index in [9.17, 15) is 15.2 Å². The minimum atomic E-state index is -1.64. The number of aromatic nitrogens is 3. The minimum absolute atomic E-state index is 0.0125. The molecule has 20 heavy (non-hydrogen) atoms. The van der Waals surface area contributed by atoms with Gasteiger partial charge in [-0.15, -0.1) is 0 Å². The summed E-state index contributed by atoms with van der Waals surface area (Å²) in [5.74, 6) is 0.200. The van der Waals surface area contributed by atoms with Crippen molar-refractivity contribution in [2.24, 2.45) is 0 Å². The van der Waals surface area contributed by atoms with Crippen molar-refractivity contribution >= 4 is 23.9 Å². The van der Waals surface area contributed by atoms with Gasteiger partial charge in [0.25, 0.3) is 0 Å². The summed E-state index contributed by atoms with van der Waals surface area (Å²) in [6, 6.07) is 1.70. The number of hydrogen-bond donors (Lipinski definition) is 5. The SMILES string of the molecule is Nc1ncnn2c([C@H]3CC[C@@H](CO)N3)cc(B(O)O)c12. The second kappa shape index (κ2) is 5.02. The standard InChI is InChI=1S/C11H16BN5O3/c13-11-10-7(12(19)20)3-9(17(10)15-5-14-11)8-2-1-6(4-18)16-8/h3,5-6,8,16,18-20H,1-2,4H2,(H2,13,14,15)/t6-,8+/m0/s1. The maximum Gasteiger partial charge on any atom is 0.490 e. The Morgan fingerprint density at radius 1 is 1.45 bits per heavy atom. The maximum absolute atomic E-state index is 9.47. The van der Waals surface area contributed by atoms with E-state index in [1.54, 1.807) is 10.6 Å². The molecule has 2 aromatic heterocycles. The predicted molar refractivity (Wildman–Crippen MR) is 73.2 cm³/mol. The zero-order valence-electron chi connectivity index (χ0n) is 10.8. The van der Waals surface area contributed by atoms with E-state index in [1.165, 1.54) is 6.33 Å². The van der Waals surface area contributed by atoms with Crippen molar-refractivity contribution in [3.8, 4) is 0 Å². The lowest BCUT2D eigenvalue weighted by Gasteiger charge is -2.12. The summed E-state index contributed by atoms with van der Waals surface area (Å²) in [6.45, 7) is 0.0758. The molecule has 106 valence electrons. The van der Waals surface area contributed by atoms with E-state index < -0.39 is 7.12 Å². The maximum atomic E-state index is 9.47. The zero-order valence-corrected chi connectivity index (χ0v) is 10.8. The molecule has 1 fully saturated rings. The van der Waals surface area contributed by atoms with Gasteiger partial charge in [0.2, 0.25) is 0 Å². The van der Waals surface area contributed by atoms with E-state index in [1.807, 2.05) is 0 Å². The van der Waals surface area contributed by atoms with Gasteiger partial charge in [0.05, 0.1) is 12.3 Å².